The number of nitrogens with zero attached hydrogens (tertiary/aromatic N) is 1. The zero-order valence-electron chi connectivity index (χ0n) is 8.57. The summed E-state index contributed by atoms with van der Waals surface area (Å²) in [6.07, 6.45) is 3.48. The zero-order chi connectivity index (χ0) is 11.4. The van der Waals surface area contributed by atoms with Gasteiger partial charge in [0.25, 0.3) is 0 Å². The van der Waals surface area contributed by atoms with Crippen LogP contribution in [0.15, 0.2) is 30.6 Å². The lowest BCUT2D eigenvalue weighted by Crippen LogP contribution is -2.12. The molecule has 1 heterocycles. The Labute approximate surface area is 92.1 Å². The third kappa shape index (κ3) is 2.38. The van der Waals surface area contributed by atoms with Gasteiger partial charge in [0.15, 0.2) is 11.6 Å². The van der Waals surface area contributed by atoms with Gasteiger partial charge in [0, 0.05) is 30.4 Å². The van der Waals surface area contributed by atoms with E-state index in [0.29, 0.717) is 18.7 Å². The molecule has 16 heavy (non-hydrogen) atoms. The molecule has 0 fully saturated rings. The summed E-state index contributed by atoms with van der Waals surface area (Å²) in [6, 6.07) is 4.49. The Kier molecular flexibility index (Phi) is 3.16. The molecule has 0 unspecified atom stereocenters. The molecule has 0 spiro atoms. The third-order valence-electron chi connectivity index (χ3n) is 2.27. The number of phenols is 1. The molecule has 0 saturated heterocycles. The van der Waals surface area contributed by atoms with E-state index in [1.807, 2.05) is 0 Å². The van der Waals surface area contributed by atoms with Crippen LogP contribution in [0.25, 0.3) is 0 Å². The van der Waals surface area contributed by atoms with Gasteiger partial charge in [0.2, 0.25) is 0 Å². The van der Waals surface area contributed by atoms with E-state index >= 15 is 0 Å². The highest BCUT2D eigenvalue weighted by Gasteiger charge is 2.05. The smallest absolute Gasteiger partial charge is 0.165 e. The molecule has 3 N–H and O–H groups in total. The lowest BCUT2D eigenvalue weighted by molar-refractivity contribution is 0.423. The van der Waals surface area contributed by atoms with Crippen LogP contribution in [-0.2, 0) is 13.1 Å². The minimum absolute atomic E-state index is 0.290. The number of aromatic amines is 1. The number of phenolic OH excluding ortho intramolecular Hbond substituents is 1. The molecule has 2 aromatic rings. The molecule has 0 atom stereocenters. The zero-order valence-corrected chi connectivity index (χ0v) is 8.57. The summed E-state index contributed by atoms with van der Waals surface area (Å²) < 4.78 is 13.0. The Morgan fingerprint density at radius 3 is 3.00 bits per heavy atom. The molecule has 0 bridgehead atoms. The lowest BCUT2D eigenvalue weighted by Gasteiger charge is -2.06. The molecule has 1 aromatic carbocycles. The third-order valence-corrected chi connectivity index (χ3v) is 2.27. The average Bonchev–Trinajstić information content (AvgIpc) is 2.77. The van der Waals surface area contributed by atoms with Crippen molar-refractivity contribution >= 4 is 0 Å². The van der Waals surface area contributed by atoms with Crippen LogP contribution >= 0.6 is 0 Å². The second kappa shape index (κ2) is 4.76. The number of aromatic nitrogens is 2. The van der Waals surface area contributed by atoms with E-state index in [0.717, 1.165) is 5.56 Å². The van der Waals surface area contributed by atoms with E-state index in [-0.39, 0.29) is 5.75 Å². The first-order valence-corrected chi connectivity index (χ1v) is 4.92. The molecule has 0 aliphatic rings. The van der Waals surface area contributed by atoms with Crippen LogP contribution in [0.2, 0.25) is 0 Å². The Hall–Kier alpha value is -1.88. The van der Waals surface area contributed by atoms with Crippen LogP contribution in [0.1, 0.15) is 11.1 Å². The number of nitrogens with one attached hydrogen (secondary N) is 2. The maximum Gasteiger partial charge on any atom is 0.165 e. The van der Waals surface area contributed by atoms with Gasteiger partial charge in [-0.3, -0.25) is 5.10 Å². The molecule has 5 heteroatoms. The normalized spacial score (nSPS) is 10.6. The molecule has 84 valence electrons. The Bertz CT molecular complexity index is 456. The number of benzene rings is 1. The molecule has 0 saturated carbocycles. The Balaban J connectivity index is 1.92. The highest BCUT2D eigenvalue weighted by molar-refractivity contribution is 5.33. The number of rotatable bonds is 4. The molecule has 0 radical (unpaired) electrons. The highest BCUT2D eigenvalue weighted by Crippen LogP contribution is 2.20. The van der Waals surface area contributed by atoms with Crippen molar-refractivity contribution in [3.05, 3.63) is 47.5 Å². The van der Waals surface area contributed by atoms with E-state index in [9.17, 15) is 9.50 Å². The molecule has 0 amide bonds. The summed E-state index contributed by atoms with van der Waals surface area (Å²) in [4.78, 5) is 0. The first-order chi connectivity index (χ1) is 7.77. The van der Waals surface area contributed by atoms with E-state index in [1.54, 1.807) is 24.5 Å². The fourth-order valence-corrected chi connectivity index (χ4v) is 1.42. The molecular weight excluding hydrogens is 209 g/mol. The number of halogens is 1. The summed E-state index contributed by atoms with van der Waals surface area (Å²) >= 11 is 0. The van der Waals surface area contributed by atoms with Crippen molar-refractivity contribution in [3.8, 4) is 5.75 Å². The van der Waals surface area contributed by atoms with E-state index in [2.05, 4.69) is 15.5 Å². The van der Waals surface area contributed by atoms with Crippen LogP contribution < -0.4 is 5.32 Å². The standard InChI is InChI=1S/C11H12FN3O/c12-10-3-1-2-9(11(10)16)7-13-4-8-5-14-15-6-8/h1-3,5-6,13,16H,4,7H2,(H,14,15). The van der Waals surface area contributed by atoms with Gasteiger partial charge in [-0.15, -0.1) is 0 Å². The monoisotopic (exact) mass is 221 g/mol. The first-order valence-electron chi connectivity index (χ1n) is 4.92. The Morgan fingerprint density at radius 2 is 2.25 bits per heavy atom. The molecule has 0 aliphatic carbocycles. The summed E-state index contributed by atoms with van der Waals surface area (Å²) in [7, 11) is 0. The minimum Gasteiger partial charge on any atom is -0.505 e. The lowest BCUT2D eigenvalue weighted by atomic mass is 10.2. The van der Waals surface area contributed by atoms with Gasteiger partial charge in [-0.2, -0.15) is 5.10 Å². The second-order valence-corrected chi connectivity index (χ2v) is 3.46. The van der Waals surface area contributed by atoms with Crippen LogP contribution in [0.4, 0.5) is 4.39 Å². The topological polar surface area (TPSA) is 60.9 Å². The van der Waals surface area contributed by atoms with Crippen LogP contribution in [-0.4, -0.2) is 15.3 Å². The fraction of sp³-hybridized carbons (Fsp3) is 0.182. The Morgan fingerprint density at radius 1 is 1.38 bits per heavy atom. The first kappa shape index (κ1) is 10.6. The van der Waals surface area contributed by atoms with Crippen LogP contribution in [0.3, 0.4) is 0 Å². The van der Waals surface area contributed by atoms with Gasteiger partial charge < -0.3 is 10.4 Å². The SMILES string of the molecule is Oc1c(F)cccc1CNCc1cn[nH]c1. The quantitative estimate of drug-likeness (QED) is 0.734. The molecule has 4 nitrogen and oxygen atoms in total. The number of para-hydroxylation sites is 1. The highest BCUT2D eigenvalue weighted by atomic mass is 19.1. The number of hydrogen-bond donors (Lipinski definition) is 3. The minimum atomic E-state index is -0.595. The maximum atomic E-state index is 13.0. The summed E-state index contributed by atoms with van der Waals surface area (Å²) in [5.74, 6) is -0.884. The van der Waals surface area contributed by atoms with Crippen molar-refractivity contribution in [1.82, 2.24) is 15.5 Å². The number of H-pyrrole nitrogens is 1. The van der Waals surface area contributed by atoms with Gasteiger partial charge >= 0.3 is 0 Å². The van der Waals surface area contributed by atoms with E-state index in [1.165, 1.54) is 6.07 Å². The second-order valence-electron chi connectivity index (χ2n) is 3.46. The maximum absolute atomic E-state index is 13.0. The van der Waals surface area contributed by atoms with Crippen LogP contribution in [0, 0.1) is 5.82 Å². The van der Waals surface area contributed by atoms with Gasteiger partial charge in [-0.25, -0.2) is 4.39 Å². The van der Waals surface area contributed by atoms with Crippen LogP contribution in [0.5, 0.6) is 5.75 Å². The van der Waals surface area contributed by atoms with Crippen molar-refractivity contribution in [2.45, 2.75) is 13.1 Å². The van der Waals surface area contributed by atoms with Gasteiger partial charge in [-0.05, 0) is 6.07 Å². The molecule has 0 aliphatic heterocycles. The summed E-state index contributed by atoms with van der Waals surface area (Å²) in [5.41, 5.74) is 1.55. The molecule has 2 rings (SSSR count). The number of aromatic hydroxyl groups is 1. The van der Waals surface area contributed by atoms with E-state index < -0.39 is 5.82 Å². The molecular formula is C11H12FN3O. The fourth-order valence-electron chi connectivity index (χ4n) is 1.42. The van der Waals surface area contributed by atoms with Crippen molar-refractivity contribution < 1.29 is 9.50 Å². The van der Waals surface area contributed by atoms with Gasteiger partial charge in [-0.1, -0.05) is 12.1 Å². The van der Waals surface area contributed by atoms with Gasteiger partial charge in [0.1, 0.15) is 0 Å². The summed E-state index contributed by atoms with van der Waals surface area (Å²) in [6.45, 7) is 1.03. The predicted octanol–water partition coefficient (Wildman–Crippen LogP) is 1.54. The van der Waals surface area contributed by atoms with Crippen molar-refractivity contribution in [2.75, 3.05) is 0 Å². The average molecular weight is 221 g/mol. The van der Waals surface area contributed by atoms with Crippen molar-refractivity contribution in [3.63, 3.8) is 0 Å². The molecule has 1 aromatic heterocycles. The van der Waals surface area contributed by atoms with Crippen molar-refractivity contribution in [1.29, 1.82) is 0 Å². The van der Waals surface area contributed by atoms with Gasteiger partial charge in [0.05, 0.1) is 6.20 Å². The number of hydrogen-bond acceptors (Lipinski definition) is 3. The largest absolute Gasteiger partial charge is 0.505 e. The van der Waals surface area contributed by atoms with Crippen molar-refractivity contribution in [2.24, 2.45) is 0 Å². The van der Waals surface area contributed by atoms with E-state index in [4.69, 9.17) is 0 Å². The predicted molar refractivity (Wildman–Crippen MR) is 57.2 cm³/mol. The summed E-state index contributed by atoms with van der Waals surface area (Å²) in [5, 5.41) is 19.0.